The highest BCUT2D eigenvalue weighted by molar-refractivity contribution is 5.89. The van der Waals surface area contributed by atoms with E-state index < -0.39 is 0 Å². The van der Waals surface area contributed by atoms with Crippen LogP contribution in [-0.2, 0) is 11.2 Å². The van der Waals surface area contributed by atoms with Crippen LogP contribution in [0.3, 0.4) is 0 Å². The Hall–Kier alpha value is -2.53. The Morgan fingerprint density at radius 1 is 1.20 bits per heavy atom. The number of hydrogen-bond donors (Lipinski definition) is 1. The number of hydrogen-bond acceptors (Lipinski definition) is 4. The van der Waals surface area contributed by atoms with Crippen LogP contribution in [-0.4, -0.2) is 31.4 Å². The van der Waals surface area contributed by atoms with Gasteiger partial charge in [0.15, 0.2) is 0 Å². The first-order chi connectivity index (χ1) is 12.0. The van der Waals surface area contributed by atoms with E-state index in [9.17, 15) is 4.79 Å². The minimum absolute atomic E-state index is 0.00457. The molecule has 0 bridgehead atoms. The zero-order valence-corrected chi connectivity index (χ0v) is 15.1. The fourth-order valence-corrected chi connectivity index (χ4v) is 2.99. The number of nitrogens with one attached hydrogen (secondary N) is 1. The fraction of sp³-hybridized carbons (Fsp3) is 0.350. The molecule has 0 aliphatic heterocycles. The van der Waals surface area contributed by atoms with Gasteiger partial charge < -0.3 is 14.2 Å². The number of carbonyl (C=O) groups excluding carboxylic acids is 1. The molecule has 1 atom stereocenters. The molecule has 3 rings (SSSR count). The molecule has 0 fully saturated rings. The third-order valence-electron chi connectivity index (χ3n) is 4.68. The number of likely N-dealkylation sites (N-methyl/N-ethyl adjacent to an activating group) is 1. The van der Waals surface area contributed by atoms with E-state index in [1.807, 2.05) is 44.1 Å². The number of nitrogens with zero attached hydrogens (tertiary/aromatic N) is 1. The zero-order valence-electron chi connectivity index (χ0n) is 15.1. The number of benzene rings is 1. The van der Waals surface area contributed by atoms with Crippen molar-refractivity contribution in [1.82, 2.24) is 10.2 Å². The highest BCUT2D eigenvalue weighted by Gasteiger charge is 2.19. The molecule has 0 aliphatic carbocycles. The van der Waals surface area contributed by atoms with Gasteiger partial charge in [0, 0.05) is 17.5 Å². The second-order valence-corrected chi connectivity index (χ2v) is 6.62. The van der Waals surface area contributed by atoms with Crippen molar-refractivity contribution in [3.63, 3.8) is 0 Å². The van der Waals surface area contributed by atoms with Gasteiger partial charge >= 0.3 is 0 Å². The molecule has 0 radical (unpaired) electrons. The van der Waals surface area contributed by atoms with Crippen molar-refractivity contribution in [2.45, 2.75) is 26.3 Å². The maximum atomic E-state index is 12.4. The zero-order chi connectivity index (χ0) is 18.0. The quantitative estimate of drug-likeness (QED) is 0.745. The molecule has 1 N–H and O–H groups in total. The standard InChI is InChI=1S/C20H24N2O3/c1-13-7-8-16-15(12-25-20(16)14(13)2)10-19(23)21-11-17(22(3)4)18-6-5-9-24-18/h5-9,12,17H,10-11H2,1-4H3,(H,21,23). The van der Waals surface area contributed by atoms with Gasteiger partial charge in [0.05, 0.1) is 25.0 Å². The molecule has 25 heavy (non-hydrogen) atoms. The molecular formula is C20H24N2O3. The Morgan fingerprint density at radius 2 is 2.00 bits per heavy atom. The van der Waals surface area contributed by atoms with Crippen molar-refractivity contribution in [1.29, 1.82) is 0 Å². The summed E-state index contributed by atoms with van der Waals surface area (Å²) in [7, 11) is 3.93. The summed E-state index contributed by atoms with van der Waals surface area (Å²) >= 11 is 0. The second-order valence-electron chi connectivity index (χ2n) is 6.62. The van der Waals surface area contributed by atoms with E-state index in [-0.39, 0.29) is 11.9 Å². The van der Waals surface area contributed by atoms with Gasteiger partial charge in [-0.1, -0.05) is 12.1 Å². The first-order valence-corrected chi connectivity index (χ1v) is 8.40. The van der Waals surface area contributed by atoms with Gasteiger partial charge in [-0.2, -0.15) is 0 Å². The highest BCUT2D eigenvalue weighted by atomic mass is 16.3. The molecule has 1 amide bonds. The summed E-state index contributed by atoms with van der Waals surface area (Å²) in [5, 5.41) is 4.01. The van der Waals surface area contributed by atoms with E-state index >= 15 is 0 Å². The van der Waals surface area contributed by atoms with Crippen molar-refractivity contribution in [2.75, 3.05) is 20.6 Å². The molecule has 132 valence electrons. The molecule has 1 unspecified atom stereocenters. The molecule has 5 nitrogen and oxygen atoms in total. The third kappa shape index (κ3) is 3.61. The van der Waals surface area contributed by atoms with Crippen LogP contribution in [0.1, 0.15) is 28.5 Å². The van der Waals surface area contributed by atoms with Gasteiger partial charge in [0.1, 0.15) is 11.3 Å². The van der Waals surface area contributed by atoms with Crippen LogP contribution in [0.5, 0.6) is 0 Å². The highest BCUT2D eigenvalue weighted by Crippen LogP contribution is 2.26. The summed E-state index contributed by atoms with van der Waals surface area (Å²) in [5.41, 5.74) is 4.08. The first kappa shape index (κ1) is 17.3. The maximum absolute atomic E-state index is 12.4. The van der Waals surface area contributed by atoms with Gasteiger partial charge in [-0.15, -0.1) is 0 Å². The number of rotatable bonds is 6. The van der Waals surface area contributed by atoms with Crippen LogP contribution in [0.15, 0.2) is 45.6 Å². The Labute approximate surface area is 147 Å². The number of amides is 1. The van der Waals surface area contributed by atoms with Gasteiger partial charge in [0.2, 0.25) is 5.91 Å². The lowest BCUT2D eigenvalue weighted by Gasteiger charge is -2.22. The van der Waals surface area contributed by atoms with Crippen molar-refractivity contribution in [2.24, 2.45) is 0 Å². The largest absolute Gasteiger partial charge is 0.468 e. The monoisotopic (exact) mass is 340 g/mol. The Balaban J connectivity index is 1.68. The molecule has 0 spiro atoms. The van der Waals surface area contributed by atoms with E-state index in [1.165, 1.54) is 5.56 Å². The van der Waals surface area contributed by atoms with Crippen LogP contribution in [0.2, 0.25) is 0 Å². The second kappa shape index (κ2) is 7.15. The lowest BCUT2D eigenvalue weighted by molar-refractivity contribution is -0.120. The van der Waals surface area contributed by atoms with Crippen molar-refractivity contribution in [3.05, 3.63) is 59.2 Å². The summed E-state index contributed by atoms with van der Waals surface area (Å²) in [4.78, 5) is 14.4. The molecule has 0 saturated heterocycles. The molecule has 2 heterocycles. The summed E-state index contributed by atoms with van der Waals surface area (Å²) in [6, 6.07) is 7.87. The first-order valence-electron chi connectivity index (χ1n) is 8.40. The van der Waals surface area contributed by atoms with Crippen LogP contribution in [0.25, 0.3) is 11.0 Å². The minimum atomic E-state index is -0.0284. The van der Waals surface area contributed by atoms with Gasteiger partial charge in [-0.3, -0.25) is 9.69 Å². The van der Waals surface area contributed by atoms with E-state index in [0.29, 0.717) is 13.0 Å². The number of aryl methyl sites for hydroxylation is 2. The molecule has 0 aliphatic rings. The third-order valence-corrected chi connectivity index (χ3v) is 4.68. The topological polar surface area (TPSA) is 58.6 Å². The average molecular weight is 340 g/mol. The normalized spacial score (nSPS) is 12.7. The minimum Gasteiger partial charge on any atom is -0.468 e. The van der Waals surface area contributed by atoms with Gasteiger partial charge in [-0.05, 0) is 51.2 Å². The van der Waals surface area contributed by atoms with Gasteiger partial charge in [-0.25, -0.2) is 0 Å². The van der Waals surface area contributed by atoms with Crippen LogP contribution >= 0.6 is 0 Å². The van der Waals surface area contributed by atoms with E-state index in [0.717, 1.165) is 27.9 Å². The molecule has 0 saturated carbocycles. The van der Waals surface area contributed by atoms with Crippen molar-refractivity contribution >= 4 is 16.9 Å². The summed E-state index contributed by atoms with van der Waals surface area (Å²) in [6.45, 7) is 4.59. The average Bonchev–Trinajstić information content (AvgIpc) is 3.21. The number of fused-ring (bicyclic) bond motifs is 1. The maximum Gasteiger partial charge on any atom is 0.224 e. The predicted molar refractivity (Wildman–Crippen MR) is 97.5 cm³/mol. The SMILES string of the molecule is Cc1ccc2c(CC(=O)NCC(c3ccco3)N(C)C)coc2c1C. The Bertz CT molecular complexity index is 863. The lowest BCUT2D eigenvalue weighted by Crippen LogP contribution is -2.35. The summed E-state index contributed by atoms with van der Waals surface area (Å²) in [6.07, 6.45) is 3.63. The Morgan fingerprint density at radius 3 is 2.68 bits per heavy atom. The smallest absolute Gasteiger partial charge is 0.224 e. The van der Waals surface area contributed by atoms with Crippen molar-refractivity contribution in [3.8, 4) is 0 Å². The number of carbonyl (C=O) groups is 1. The van der Waals surface area contributed by atoms with Crippen LogP contribution in [0, 0.1) is 13.8 Å². The summed E-state index contributed by atoms with van der Waals surface area (Å²) in [5.74, 6) is 0.810. The van der Waals surface area contributed by atoms with E-state index in [1.54, 1.807) is 12.5 Å². The number of furan rings is 2. The molecular weight excluding hydrogens is 316 g/mol. The molecule has 1 aromatic carbocycles. The van der Waals surface area contributed by atoms with E-state index in [4.69, 9.17) is 8.83 Å². The Kier molecular flexibility index (Phi) is 4.95. The molecule has 2 aromatic heterocycles. The lowest BCUT2D eigenvalue weighted by atomic mass is 10.0. The van der Waals surface area contributed by atoms with Crippen LogP contribution in [0.4, 0.5) is 0 Å². The van der Waals surface area contributed by atoms with Crippen LogP contribution < -0.4 is 5.32 Å². The van der Waals surface area contributed by atoms with E-state index in [2.05, 4.69) is 18.3 Å². The summed E-state index contributed by atoms with van der Waals surface area (Å²) < 4.78 is 11.2. The van der Waals surface area contributed by atoms with Gasteiger partial charge in [0.25, 0.3) is 0 Å². The molecule has 5 heteroatoms. The predicted octanol–water partition coefficient (Wildman–Crippen LogP) is 3.60. The fourth-order valence-electron chi connectivity index (χ4n) is 2.99. The molecule has 3 aromatic rings. The van der Waals surface area contributed by atoms with Crippen molar-refractivity contribution < 1.29 is 13.6 Å².